The quantitative estimate of drug-likeness (QED) is 0.0891. The predicted octanol–water partition coefficient (Wildman–Crippen LogP) is 4.62. The number of pyridine rings is 2. The number of aliphatic carboxylic acids is 2. The molecule has 2 aromatic heterocycles. The van der Waals surface area contributed by atoms with Crippen LogP contribution in [0.25, 0.3) is 11.3 Å². The number of halogens is 5. The van der Waals surface area contributed by atoms with Gasteiger partial charge >= 0.3 is 36.5 Å². The van der Waals surface area contributed by atoms with Gasteiger partial charge in [0.05, 0.1) is 17.7 Å². The van der Waals surface area contributed by atoms with Crippen molar-refractivity contribution < 1.29 is 70.7 Å². The number of carboxylic acids is 2. The molecule has 1 unspecified atom stereocenters. The summed E-state index contributed by atoms with van der Waals surface area (Å²) in [5, 5.41) is 35.5. The average molecular weight is 870 g/mol. The van der Waals surface area contributed by atoms with Gasteiger partial charge in [0.2, 0.25) is 5.91 Å². The van der Waals surface area contributed by atoms with Crippen molar-refractivity contribution in [2.24, 2.45) is 11.8 Å². The van der Waals surface area contributed by atoms with E-state index in [1.165, 1.54) is 74.8 Å². The Morgan fingerprint density at radius 2 is 1.52 bits per heavy atom. The highest BCUT2D eigenvalue weighted by molar-refractivity contribution is 6.07. The highest BCUT2D eigenvalue weighted by Crippen LogP contribution is 2.45. The lowest BCUT2D eigenvalue weighted by molar-refractivity contribution is -0.286. The highest BCUT2D eigenvalue weighted by atomic mass is 19.4. The number of hydrogen-bond acceptors (Lipinski definition) is 11. The predicted molar refractivity (Wildman–Crippen MR) is 202 cm³/mol. The van der Waals surface area contributed by atoms with Gasteiger partial charge < -0.3 is 41.2 Å². The standard InChI is InChI=1S/C40H36F5N7O10/c1-18(23-8-10-27-28(16-23)62-40(44,45)61-27)49-37(59)52-31(35(56)57)25(38(52,2)60)14-20-3-9-26(48-17-20)21-4-6-22(7-5-21)32(39(41,42)43)50-36(58)51-30(34(54)55)24(33(51)53)13-19-11-12-47-29(46)15-19/h3-12,15-18,24-25,30-32,60H,13-14H2,1-2H3,(H2,46,47)(H,49,59)(H,50,58)(H,54,55)(H,56,57)/t18-,24-,25-,30+,31+,32+,38?/m1/s1. The molecule has 0 saturated carbocycles. The minimum atomic E-state index is -5.07. The van der Waals surface area contributed by atoms with Crippen LogP contribution in [-0.2, 0) is 27.2 Å². The largest absolute Gasteiger partial charge is 0.586 e. The van der Waals surface area contributed by atoms with E-state index in [2.05, 4.69) is 24.8 Å². The van der Waals surface area contributed by atoms with E-state index in [1.807, 2.05) is 0 Å². The third-order valence-electron chi connectivity index (χ3n) is 11.0. The van der Waals surface area contributed by atoms with Gasteiger partial charge in [-0.25, -0.2) is 29.1 Å². The first-order valence-corrected chi connectivity index (χ1v) is 18.7. The van der Waals surface area contributed by atoms with Crippen molar-refractivity contribution in [1.29, 1.82) is 0 Å². The summed E-state index contributed by atoms with van der Waals surface area (Å²) in [6.07, 6.45) is -6.44. The summed E-state index contributed by atoms with van der Waals surface area (Å²) in [5.41, 5.74) is 5.05. The monoisotopic (exact) mass is 869 g/mol. The molecule has 0 aliphatic carbocycles. The fraction of sp³-hybridized carbons (Fsp3) is 0.325. The van der Waals surface area contributed by atoms with Gasteiger partial charge in [-0.2, -0.15) is 13.2 Å². The molecule has 22 heteroatoms. The molecule has 4 aromatic rings. The Bertz CT molecular complexity index is 2440. The summed E-state index contributed by atoms with van der Waals surface area (Å²) < 4.78 is 78.8. The zero-order valence-electron chi connectivity index (χ0n) is 32.3. The van der Waals surface area contributed by atoms with Crippen molar-refractivity contribution in [1.82, 2.24) is 30.4 Å². The number of ether oxygens (including phenoxy) is 2. The van der Waals surface area contributed by atoms with Crippen LogP contribution in [0.3, 0.4) is 0 Å². The number of aromatic nitrogens is 2. The van der Waals surface area contributed by atoms with Crippen LogP contribution in [0.1, 0.15) is 48.2 Å². The molecule has 5 amide bonds. The fourth-order valence-electron chi connectivity index (χ4n) is 7.84. The number of nitrogens with one attached hydrogen (secondary N) is 2. The first kappa shape index (κ1) is 43.0. The Morgan fingerprint density at radius 1 is 0.855 bits per heavy atom. The van der Waals surface area contributed by atoms with E-state index >= 15 is 0 Å². The number of rotatable bonds is 11. The number of fused-ring (bicyclic) bond motifs is 1. The third kappa shape index (κ3) is 8.19. The number of amides is 5. The first-order valence-electron chi connectivity index (χ1n) is 18.7. The molecule has 5 heterocycles. The maximum atomic E-state index is 14.3. The Morgan fingerprint density at radius 3 is 2.13 bits per heavy atom. The smallest absolute Gasteiger partial charge is 0.480 e. The maximum absolute atomic E-state index is 14.3. The molecule has 0 spiro atoms. The van der Waals surface area contributed by atoms with Gasteiger partial charge in [-0.15, -0.1) is 8.78 Å². The van der Waals surface area contributed by atoms with Gasteiger partial charge in [-0.3, -0.25) is 14.7 Å². The molecule has 0 radical (unpaired) electrons. The number of alkyl halides is 5. The van der Waals surface area contributed by atoms with Gasteiger partial charge in [-0.05, 0) is 79.3 Å². The minimum Gasteiger partial charge on any atom is -0.480 e. The number of benzene rings is 2. The number of β-lactam (4-membered cyclic amide) rings is 1. The zero-order chi connectivity index (χ0) is 45.1. The molecule has 7 atom stereocenters. The number of nitrogen functional groups attached to an aromatic ring is 1. The Hall–Kier alpha value is -7.10. The molecule has 17 nitrogen and oxygen atoms in total. The maximum Gasteiger partial charge on any atom is 0.586 e. The van der Waals surface area contributed by atoms with Crippen LogP contribution in [0, 0.1) is 11.8 Å². The number of carbonyl (C=O) groups is 5. The average Bonchev–Trinajstić information content (AvgIpc) is 3.51. The van der Waals surface area contributed by atoms with Crippen LogP contribution in [0.2, 0.25) is 0 Å². The van der Waals surface area contributed by atoms with Crippen LogP contribution < -0.4 is 25.8 Å². The van der Waals surface area contributed by atoms with Gasteiger partial charge in [0.15, 0.2) is 23.6 Å². The van der Waals surface area contributed by atoms with Crippen molar-refractivity contribution in [2.75, 3.05) is 5.73 Å². The number of anilines is 1. The molecule has 62 heavy (non-hydrogen) atoms. The lowest BCUT2D eigenvalue weighted by atomic mass is 9.74. The minimum absolute atomic E-state index is 0.0692. The topological polar surface area (TPSA) is 247 Å². The van der Waals surface area contributed by atoms with Gasteiger partial charge in [0.25, 0.3) is 0 Å². The number of nitrogens with zero attached hydrogens (tertiary/aromatic N) is 4. The Labute approximate surface area is 347 Å². The number of imide groups is 1. The van der Waals surface area contributed by atoms with E-state index in [4.69, 9.17) is 5.73 Å². The van der Waals surface area contributed by atoms with E-state index in [9.17, 15) is 61.2 Å². The number of hydrogen-bond donors (Lipinski definition) is 6. The van der Waals surface area contributed by atoms with Crippen LogP contribution >= 0.6 is 0 Å². The van der Waals surface area contributed by atoms with Crippen LogP contribution in [0.4, 0.5) is 37.4 Å². The number of aliphatic hydroxyl groups is 1. The number of carboxylic acid groups (broad SMARTS) is 2. The molecule has 7 N–H and O–H groups in total. The van der Waals surface area contributed by atoms with Crippen molar-refractivity contribution in [3.63, 3.8) is 0 Å². The zero-order valence-corrected chi connectivity index (χ0v) is 32.3. The number of urea groups is 2. The first-order chi connectivity index (χ1) is 29.1. The summed E-state index contributed by atoms with van der Waals surface area (Å²) in [6, 6.07) is 5.31. The lowest BCUT2D eigenvalue weighted by Crippen LogP contribution is -2.77. The number of nitrogens with two attached hydrogens (primary N) is 1. The highest BCUT2D eigenvalue weighted by Gasteiger charge is 2.62. The van der Waals surface area contributed by atoms with Gasteiger partial charge in [-0.1, -0.05) is 36.4 Å². The second-order valence-corrected chi connectivity index (χ2v) is 15.1. The molecule has 3 aliphatic rings. The molecule has 2 saturated heterocycles. The van der Waals surface area contributed by atoms with Crippen LogP contribution in [-0.4, -0.2) is 95.3 Å². The summed E-state index contributed by atoms with van der Waals surface area (Å²) in [6.45, 7) is 2.77. The molecule has 7 rings (SSSR count). The second kappa shape index (κ2) is 15.7. The summed E-state index contributed by atoms with van der Waals surface area (Å²) in [4.78, 5) is 72.8. The fourth-order valence-corrected chi connectivity index (χ4v) is 7.84. The van der Waals surface area contributed by atoms with E-state index in [0.717, 1.165) is 17.0 Å². The normalized spacial score (nSPS) is 23.4. The molecular formula is C40H36F5N7O10. The molecular weight excluding hydrogens is 833 g/mol. The van der Waals surface area contributed by atoms with Crippen LogP contribution in [0.15, 0.2) is 79.1 Å². The Kier molecular flexibility index (Phi) is 10.9. The van der Waals surface area contributed by atoms with Gasteiger partial charge in [0, 0.05) is 23.9 Å². The third-order valence-corrected chi connectivity index (χ3v) is 11.0. The summed E-state index contributed by atoms with van der Waals surface area (Å²) >= 11 is 0. The Balaban J connectivity index is 0.988. The van der Waals surface area contributed by atoms with Crippen molar-refractivity contribution in [3.05, 3.63) is 101 Å². The molecule has 2 fully saturated rings. The van der Waals surface area contributed by atoms with E-state index in [0.29, 0.717) is 22.3 Å². The number of likely N-dealkylation sites (tertiary alicyclic amines) is 2. The lowest BCUT2D eigenvalue weighted by Gasteiger charge is -2.57. The van der Waals surface area contributed by atoms with E-state index < -0.39 is 89.7 Å². The summed E-state index contributed by atoms with van der Waals surface area (Å²) in [7, 11) is 0. The van der Waals surface area contributed by atoms with E-state index in [1.54, 1.807) is 11.4 Å². The van der Waals surface area contributed by atoms with Crippen molar-refractivity contribution >= 4 is 35.7 Å². The molecule has 2 aromatic carbocycles. The van der Waals surface area contributed by atoms with Crippen molar-refractivity contribution in [3.8, 4) is 22.8 Å². The van der Waals surface area contributed by atoms with Crippen molar-refractivity contribution in [2.45, 2.75) is 69.1 Å². The molecule has 3 aliphatic heterocycles. The summed E-state index contributed by atoms with van der Waals surface area (Å²) in [5.74, 6) is -6.63. The second-order valence-electron chi connectivity index (χ2n) is 15.1. The van der Waals surface area contributed by atoms with Gasteiger partial charge in [0.1, 0.15) is 17.6 Å². The van der Waals surface area contributed by atoms with E-state index in [-0.39, 0.29) is 40.8 Å². The van der Waals surface area contributed by atoms with Crippen LogP contribution in [0.5, 0.6) is 11.5 Å². The SMILES string of the molecule is C[C@@H](NC(=O)N1[C@H](C(=O)O)[C@@H](Cc2ccc(-c3ccc([C@H](NC(=O)N4C(=O)[C@H](Cc5ccnc(N)c5)[C@H]4C(=O)O)C(F)(F)F)cc3)nc2)C1(C)O)c1ccc2c(c1)OC(F)(F)O2. The molecule has 326 valence electrons. The number of carbonyl (C=O) groups excluding carboxylic acids is 3. The molecule has 0 bridgehead atoms.